The molecule has 4 rings (SSSR count). The third-order valence-electron chi connectivity index (χ3n) is 5.39. The van der Waals surface area contributed by atoms with Crippen molar-refractivity contribution in [3.05, 3.63) is 89.2 Å². The molecule has 0 spiro atoms. The molecule has 3 aromatic rings. The molecule has 0 bridgehead atoms. The first-order chi connectivity index (χ1) is 13.4. The van der Waals surface area contributed by atoms with Gasteiger partial charge in [-0.15, -0.1) is 0 Å². The normalized spacial score (nSPS) is 14.2. The Kier molecular flexibility index (Phi) is 4.80. The Balaban J connectivity index is 1.65. The molecule has 0 saturated carbocycles. The second kappa shape index (κ2) is 7.27. The van der Waals surface area contributed by atoms with E-state index in [1.54, 1.807) is 0 Å². The molecule has 2 heterocycles. The summed E-state index contributed by atoms with van der Waals surface area (Å²) in [5, 5.41) is 4.60. The van der Waals surface area contributed by atoms with Gasteiger partial charge in [0.2, 0.25) is 5.91 Å². The summed E-state index contributed by atoms with van der Waals surface area (Å²) in [5.41, 5.74) is 4.45. The van der Waals surface area contributed by atoms with Crippen molar-refractivity contribution < 1.29 is 4.79 Å². The van der Waals surface area contributed by atoms with Gasteiger partial charge >= 0.3 is 0 Å². The molecule has 0 saturated heterocycles. The van der Waals surface area contributed by atoms with Gasteiger partial charge in [-0.1, -0.05) is 60.7 Å². The van der Waals surface area contributed by atoms with Crippen LogP contribution in [0.5, 0.6) is 0 Å². The SMILES string of the molecule is CC(C)(C)n1ncc2c1CCN(C(=O)C(c1ccccc1)c1ccccc1)C2. The van der Waals surface area contributed by atoms with Crippen LogP contribution in [0.1, 0.15) is 49.1 Å². The fraction of sp³-hybridized carbons (Fsp3) is 0.333. The topological polar surface area (TPSA) is 38.1 Å². The molecular weight excluding hydrogens is 346 g/mol. The second-order valence-corrected chi connectivity index (χ2v) is 8.46. The quantitative estimate of drug-likeness (QED) is 0.684. The van der Waals surface area contributed by atoms with Crippen LogP contribution in [0.2, 0.25) is 0 Å². The van der Waals surface area contributed by atoms with Crippen molar-refractivity contribution in [2.75, 3.05) is 6.54 Å². The largest absolute Gasteiger partial charge is 0.337 e. The minimum absolute atomic E-state index is 0.0453. The molecule has 1 aliphatic rings. The Morgan fingerprint density at radius 3 is 2.07 bits per heavy atom. The van der Waals surface area contributed by atoms with Crippen molar-refractivity contribution in [2.45, 2.75) is 45.2 Å². The highest BCUT2D eigenvalue weighted by Gasteiger charge is 2.32. The lowest BCUT2D eigenvalue weighted by molar-refractivity contribution is -0.132. The minimum atomic E-state index is -0.276. The number of hydrogen-bond acceptors (Lipinski definition) is 2. The van der Waals surface area contributed by atoms with E-state index < -0.39 is 0 Å². The molecule has 2 aromatic carbocycles. The summed E-state index contributed by atoms with van der Waals surface area (Å²) in [5.74, 6) is -0.117. The van der Waals surface area contributed by atoms with E-state index in [1.165, 1.54) is 5.69 Å². The number of amides is 1. The van der Waals surface area contributed by atoms with Gasteiger partial charge in [0.25, 0.3) is 0 Å². The van der Waals surface area contributed by atoms with E-state index in [2.05, 4.69) is 30.6 Å². The van der Waals surface area contributed by atoms with Gasteiger partial charge < -0.3 is 4.90 Å². The van der Waals surface area contributed by atoms with Gasteiger partial charge in [0.05, 0.1) is 17.7 Å². The number of carbonyl (C=O) groups excluding carboxylic acids is 1. The van der Waals surface area contributed by atoms with Crippen LogP contribution < -0.4 is 0 Å². The van der Waals surface area contributed by atoms with Crippen molar-refractivity contribution in [1.82, 2.24) is 14.7 Å². The van der Waals surface area contributed by atoms with Gasteiger partial charge in [0.1, 0.15) is 0 Å². The molecule has 28 heavy (non-hydrogen) atoms. The van der Waals surface area contributed by atoms with Crippen molar-refractivity contribution in [2.24, 2.45) is 0 Å². The molecule has 0 N–H and O–H groups in total. The van der Waals surface area contributed by atoms with Crippen LogP contribution >= 0.6 is 0 Å². The lowest BCUT2D eigenvalue weighted by atomic mass is 9.89. The van der Waals surface area contributed by atoms with E-state index in [0.717, 1.165) is 29.7 Å². The number of benzene rings is 2. The maximum atomic E-state index is 13.6. The number of hydrogen-bond donors (Lipinski definition) is 0. The maximum Gasteiger partial charge on any atom is 0.234 e. The van der Waals surface area contributed by atoms with Gasteiger partial charge in [-0.3, -0.25) is 9.48 Å². The summed E-state index contributed by atoms with van der Waals surface area (Å²) in [7, 11) is 0. The number of carbonyl (C=O) groups is 1. The second-order valence-electron chi connectivity index (χ2n) is 8.46. The first kappa shape index (κ1) is 18.5. The van der Waals surface area contributed by atoms with E-state index in [0.29, 0.717) is 6.54 Å². The Hall–Kier alpha value is -2.88. The highest BCUT2D eigenvalue weighted by Crippen LogP contribution is 2.30. The molecule has 1 aliphatic heterocycles. The molecule has 0 fully saturated rings. The third-order valence-corrected chi connectivity index (χ3v) is 5.39. The maximum absolute atomic E-state index is 13.6. The number of fused-ring (bicyclic) bond motifs is 1. The predicted octanol–water partition coefficient (Wildman–Crippen LogP) is 4.35. The highest BCUT2D eigenvalue weighted by atomic mass is 16.2. The van der Waals surface area contributed by atoms with E-state index in [4.69, 9.17) is 0 Å². The lowest BCUT2D eigenvalue weighted by Gasteiger charge is -2.32. The van der Waals surface area contributed by atoms with Gasteiger partial charge in [0, 0.05) is 30.8 Å². The summed E-state index contributed by atoms with van der Waals surface area (Å²) in [6, 6.07) is 20.2. The molecule has 144 valence electrons. The zero-order valence-electron chi connectivity index (χ0n) is 16.8. The van der Waals surface area contributed by atoms with E-state index >= 15 is 0 Å². The summed E-state index contributed by atoms with van der Waals surface area (Å²) >= 11 is 0. The number of aromatic nitrogens is 2. The Bertz CT molecular complexity index is 915. The van der Waals surface area contributed by atoms with E-state index in [1.807, 2.05) is 71.8 Å². The van der Waals surface area contributed by atoms with Crippen molar-refractivity contribution in [3.63, 3.8) is 0 Å². The average Bonchev–Trinajstić information content (AvgIpc) is 3.13. The first-order valence-electron chi connectivity index (χ1n) is 9.90. The minimum Gasteiger partial charge on any atom is -0.337 e. The zero-order chi connectivity index (χ0) is 19.7. The van der Waals surface area contributed by atoms with Crippen molar-refractivity contribution in [1.29, 1.82) is 0 Å². The van der Waals surface area contributed by atoms with Crippen LogP contribution in [0.25, 0.3) is 0 Å². The van der Waals surface area contributed by atoms with Crippen molar-refractivity contribution in [3.8, 4) is 0 Å². The van der Waals surface area contributed by atoms with E-state index in [-0.39, 0.29) is 17.4 Å². The molecule has 0 radical (unpaired) electrons. The molecule has 1 amide bonds. The number of nitrogens with zero attached hydrogens (tertiary/aromatic N) is 3. The van der Waals surface area contributed by atoms with Gasteiger partial charge in [0.15, 0.2) is 0 Å². The summed E-state index contributed by atoms with van der Waals surface area (Å²) in [4.78, 5) is 15.6. The molecule has 0 aliphatic carbocycles. The van der Waals surface area contributed by atoms with Crippen LogP contribution in [-0.2, 0) is 23.3 Å². The van der Waals surface area contributed by atoms with Crippen LogP contribution in [0.15, 0.2) is 66.9 Å². The smallest absolute Gasteiger partial charge is 0.234 e. The molecule has 0 atom stereocenters. The summed E-state index contributed by atoms with van der Waals surface area (Å²) in [6.45, 7) is 7.85. The predicted molar refractivity (Wildman–Crippen MR) is 111 cm³/mol. The zero-order valence-corrected chi connectivity index (χ0v) is 16.8. The molecule has 4 nitrogen and oxygen atoms in total. The van der Waals surface area contributed by atoms with Crippen LogP contribution in [0, 0.1) is 0 Å². The van der Waals surface area contributed by atoms with Gasteiger partial charge in [-0.25, -0.2) is 0 Å². The molecule has 1 aromatic heterocycles. The standard InChI is InChI=1S/C24H27N3O/c1-24(2,3)27-21-14-15-26(17-20(21)16-25-27)23(28)22(18-10-6-4-7-11-18)19-12-8-5-9-13-19/h4-13,16,22H,14-15,17H2,1-3H3. The summed E-state index contributed by atoms with van der Waals surface area (Å²) < 4.78 is 2.11. The Morgan fingerprint density at radius 1 is 0.964 bits per heavy atom. The molecule has 4 heteroatoms. The van der Waals surface area contributed by atoms with E-state index in [9.17, 15) is 4.79 Å². The Labute approximate surface area is 166 Å². The summed E-state index contributed by atoms with van der Waals surface area (Å²) in [6.07, 6.45) is 2.77. The van der Waals surface area contributed by atoms with Gasteiger partial charge in [-0.05, 0) is 31.9 Å². The van der Waals surface area contributed by atoms with Crippen LogP contribution in [0.4, 0.5) is 0 Å². The molecular formula is C24H27N3O. The highest BCUT2D eigenvalue weighted by molar-refractivity contribution is 5.87. The van der Waals surface area contributed by atoms with Crippen molar-refractivity contribution >= 4 is 5.91 Å². The van der Waals surface area contributed by atoms with Gasteiger partial charge in [-0.2, -0.15) is 5.10 Å². The first-order valence-corrected chi connectivity index (χ1v) is 9.90. The monoisotopic (exact) mass is 373 g/mol. The fourth-order valence-electron chi connectivity index (χ4n) is 4.05. The Morgan fingerprint density at radius 2 is 1.54 bits per heavy atom. The molecule has 0 unspecified atom stereocenters. The lowest BCUT2D eigenvalue weighted by Crippen LogP contribution is -2.40. The van der Waals surface area contributed by atoms with Crippen LogP contribution in [0.3, 0.4) is 0 Å². The number of rotatable bonds is 3. The third kappa shape index (κ3) is 3.47. The average molecular weight is 374 g/mol. The van der Waals surface area contributed by atoms with Crippen LogP contribution in [-0.4, -0.2) is 27.1 Å². The fourth-order valence-corrected chi connectivity index (χ4v) is 4.05.